The van der Waals surface area contributed by atoms with Crippen LogP contribution >= 0.6 is 0 Å². The molecule has 10 heteroatoms. The molecule has 10 nitrogen and oxygen atoms in total. The van der Waals surface area contributed by atoms with Gasteiger partial charge in [0.05, 0.1) is 6.61 Å². The van der Waals surface area contributed by atoms with Gasteiger partial charge in [-0.15, -0.1) is 0 Å². The molecule has 146 valence electrons. The molecule has 0 aliphatic heterocycles. The van der Waals surface area contributed by atoms with Crippen LogP contribution in [0, 0.1) is 0 Å². The zero-order valence-electron chi connectivity index (χ0n) is 13.9. The zero-order valence-corrected chi connectivity index (χ0v) is 13.9. The molecule has 0 aromatic heterocycles. The van der Waals surface area contributed by atoms with E-state index in [-0.39, 0.29) is 6.61 Å². The second-order valence-electron chi connectivity index (χ2n) is 5.40. The molecule has 1 aromatic carbocycles. The number of hydrogen-bond acceptors (Lipinski definition) is 9. The third-order valence-electron chi connectivity index (χ3n) is 3.33. The van der Waals surface area contributed by atoms with E-state index < -0.39 is 56.2 Å². The van der Waals surface area contributed by atoms with Crippen molar-refractivity contribution < 1.29 is 44.6 Å². The minimum Gasteiger partial charge on any atom is -0.462 e. The van der Waals surface area contributed by atoms with Crippen LogP contribution in [-0.2, 0) is 20.9 Å². The molecule has 1 rings (SSSR count). The van der Waals surface area contributed by atoms with Gasteiger partial charge in [0, 0.05) is 0 Å². The molecule has 0 fully saturated rings. The third-order valence-corrected chi connectivity index (χ3v) is 3.33. The fraction of sp³-hybridized carbons (Fsp3) is 0.500. The first-order valence-electron chi connectivity index (χ1n) is 7.78. The summed E-state index contributed by atoms with van der Waals surface area (Å²) in [6, 6.07) is 8.90. The second-order valence-corrected chi connectivity index (χ2v) is 5.40. The van der Waals surface area contributed by atoms with Crippen LogP contribution in [0.3, 0.4) is 0 Å². The number of hydrogen-bond donors (Lipinski definition) is 6. The molecule has 26 heavy (non-hydrogen) atoms. The smallest absolute Gasteiger partial charge is 0.407 e. The number of carbonyl (C=O) groups is 2. The van der Waals surface area contributed by atoms with Crippen LogP contribution in [0.1, 0.15) is 5.56 Å². The summed E-state index contributed by atoms with van der Waals surface area (Å²) in [5.74, 6) is -0.912. The van der Waals surface area contributed by atoms with Crippen molar-refractivity contribution in [3.8, 4) is 0 Å². The van der Waals surface area contributed by atoms with Gasteiger partial charge in [0.25, 0.3) is 0 Å². The Hall–Kier alpha value is -2.24. The molecule has 0 aliphatic carbocycles. The predicted molar refractivity (Wildman–Crippen MR) is 86.7 cm³/mol. The summed E-state index contributed by atoms with van der Waals surface area (Å²) in [5, 5.41) is 48.5. The number of carbonyl (C=O) groups excluding carboxylic acids is 2. The van der Waals surface area contributed by atoms with E-state index >= 15 is 0 Å². The summed E-state index contributed by atoms with van der Waals surface area (Å²) in [5.41, 5.74) is 0.769. The standard InChI is InChI=1S/C16H23NO9/c18-7-11(19)14(22)15(23)12(20)9-25-13(21)6-17-16(24)26-8-10-4-2-1-3-5-10/h1-5,11-12,14-15,18-20,22-23H,6-9H2,(H,17,24)/t11-,12-,14-,15-/m1/s1. The van der Waals surface area contributed by atoms with E-state index in [1.54, 1.807) is 24.3 Å². The lowest BCUT2D eigenvalue weighted by Gasteiger charge is -2.25. The van der Waals surface area contributed by atoms with Gasteiger partial charge in [-0.05, 0) is 5.56 Å². The van der Waals surface area contributed by atoms with E-state index in [0.717, 1.165) is 5.56 Å². The largest absolute Gasteiger partial charge is 0.462 e. The highest BCUT2D eigenvalue weighted by molar-refractivity contribution is 5.77. The molecule has 6 N–H and O–H groups in total. The number of aliphatic hydroxyl groups excluding tert-OH is 5. The van der Waals surface area contributed by atoms with Crippen LogP contribution in [0.5, 0.6) is 0 Å². The van der Waals surface area contributed by atoms with Crippen LogP contribution in [0.15, 0.2) is 30.3 Å². The predicted octanol–water partition coefficient (Wildman–Crippen LogP) is -2.11. The van der Waals surface area contributed by atoms with E-state index in [1.807, 2.05) is 6.07 Å². The molecule has 0 aliphatic rings. The summed E-state index contributed by atoms with van der Waals surface area (Å²) < 4.78 is 9.51. The Balaban J connectivity index is 2.24. The van der Waals surface area contributed by atoms with Crippen LogP contribution in [0.2, 0.25) is 0 Å². The van der Waals surface area contributed by atoms with Crippen molar-refractivity contribution in [2.24, 2.45) is 0 Å². The van der Waals surface area contributed by atoms with Crippen molar-refractivity contribution in [1.82, 2.24) is 5.32 Å². The molecular weight excluding hydrogens is 350 g/mol. The fourth-order valence-electron chi connectivity index (χ4n) is 1.81. The minimum atomic E-state index is -1.84. The van der Waals surface area contributed by atoms with Gasteiger partial charge >= 0.3 is 12.1 Å². The van der Waals surface area contributed by atoms with Crippen molar-refractivity contribution in [1.29, 1.82) is 0 Å². The van der Waals surface area contributed by atoms with E-state index in [2.05, 4.69) is 10.1 Å². The van der Waals surface area contributed by atoms with E-state index in [9.17, 15) is 24.9 Å². The number of esters is 1. The topological polar surface area (TPSA) is 166 Å². The summed E-state index contributed by atoms with van der Waals surface area (Å²) in [6.07, 6.45) is -7.85. The van der Waals surface area contributed by atoms with Gasteiger partial charge in [0.15, 0.2) is 0 Å². The molecule has 1 amide bonds. The molecular formula is C16H23NO9. The Morgan fingerprint density at radius 1 is 0.962 bits per heavy atom. The molecule has 4 atom stereocenters. The Morgan fingerprint density at radius 3 is 2.19 bits per heavy atom. The molecule has 0 saturated heterocycles. The first kappa shape index (κ1) is 21.8. The van der Waals surface area contributed by atoms with Gasteiger partial charge < -0.3 is 40.3 Å². The number of alkyl carbamates (subject to hydrolysis) is 1. The maximum Gasteiger partial charge on any atom is 0.407 e. The molecule has 0 unspecified atom stereocenters. The molecule has 0 heterocycles. The molecule has 0 bridgehead atoms. The van der Waals surface area contributed by atoms with Crippen molar-refractivity contribution in [2.45, 2.75) is 31.0 Å². The first-order valence-corrected chi connectivity index (χ1v) is 7.78. The molecule has 0 spiro atoms. The molecule has 0 saturated carbocycles. The van der Waals surface area contributed by atoms with Crippen molar-refractivity contribution in [3.05, 3.63) is 35.9 Å². The van der Waals surface area contributed by atoms with Crippen molar-refractivity contribution >= 4 is 12.1 Å². The van der Waals surface area contributed by atoms with Gasteiger partial charge in [0.2, 0.25) is 0 Å². The van der Waals surface area contributed by atoms with Gasteiger partial charge in [-0.25, -0.2) is 4.79 Å². The Kier molecular flexibility index (Phi) is 9.55. The number of benzene rings is 1. The van der Waals surface area contributed by atoms with E-state index in [1.165, 1.54) is 0 Å². The maximum absolute atomic E-state index is 11.5. The molecule has 1 aromatic rings. The van der Waals surface area contributed by atoms with Gasteiger partial charge in [-0.1, -0.05) is 30.3 Å². The quantitative estimate of drug-likeness (QED) is 0.252. The minimum absolute atomic E-state index is 0.0255. The van der Waals surface area contributed by atoms with Gasteiger partial charge in [-0.3, -0.25) is 4.79 Å². The van der Waals surface area contributed by atoms with Crippen LogP contribution in [0.25, 0.3) is 0 Å². The van der Waals surface area contributed by atoms with Crippen LogP contribution < -0.4 is 5.32 Å². The number of ether oxygens (including phenoxy) is 2. The van der Waals surface area contributed by atoms with Crippen LogP contribution in [-0.4, -0.2) is 81.8 Å². The fourth-order valence-corrected chi connectivity index (χ4v) is 1.81. The zero-order chi connectivity index (χ0) is 19.5. The van der Waals surface area contributed by atoms with Gasteiger partial charge in [0.1, 0.15) is 44.2 Å². The highest BCUT2D eigenvalue weighted by Gasteiger charge is 2.30. The maximum atomic E-state index is 11.5. The third kappa shape index (κ3) is 7.76. The summed E-state index contributed by atoms with van der Waals surface area (Å²) in [4.78, 5) is 22.9. The number of nitrogens with one attached hydrogen (secondary N) is 1. The normalized spacial score (nSPS) is 15.4. The lowest BCUT2D eigenvalue weighted by molar-refractivity contribution is -0.155. The Morgan fingerprint density at radius 2 is 1.58 bits per heavy atom. The highest BCUT2D eigenvalue weighted by Crippen LogP contribution is 2.05. The number of aliphatic hydroxyl groups is 5. The summed E-state index contributed by atoms with van der Waals surface area (Å²) in [6.45, 7) is -2.01. The summed E-state index contributed by atoms with van der Waals surface area (Å²) in [7, 11) is 0. The SMILES string of the molecule is O=C(CNC(=O)OCc1ccccc1)OC[C@@H](O)[C@@H](O)[C@H](O)[C@H](O)CO. The lowest BCUT2D eigenvalue weighted by Crippen LogP contribution is -2.47. The lowest BCUT2D eigenvalue weighted by atomic mass is 10.0. The van der Waals surface area contributed by atoms with E-state index in [0.29, 0.717) is 0 Å². The van der Waals surface area contributed by atoms with Crippen LogP contribution in [0.4, 0.5) is 4.79 Å². The number of amides is 1. The first-order chi connectivity index (χ1) is 12.3. The molecule has 0 radical (unpaired) electrons. The van der Waals surface area contributed by atoms with Crippen molar-refractivity contribution in [2.75, 3.05) is 19.8 Å². The van der Waals surface area contributed by atoms with Crippen molar-refractivity contribution in [3.63, 3.8) is 0 Å². The Bertz CT molecular complexity index is 554. The highest BCUT2D eigenvalue weighted by atomic mass is 16.6. The average molecular weight is 373 g/mol. The average Bonchev–Trinajstić information content (AvgIpc) is 2.67. The second kappa shape index (κ2) is 11.4. The Labute approximate surface area is 149 Å². The monoisotopic (exact) mass is 373 g/mol. The van der Waals surface area contributed by atoms with E-state index in [4.69, 9.17) is 14.9 Å². The summed E-state index contributed by atoms with van der Waals surface area (Å²) >= 11 is 0. The number of rotatable bonds is 10. The van der Waals surface area contributed by atoms with Gasteiger partial charge in [-0.2, -0.15) is 0 Å².